The molecular formula is C21H29Cl2FN2O3. The van der Waals surface area contributed by atoms with E-state index in [0.29, 0.717) is 6.42 Å². The van der Waals surface area contributed by atoms with E-state index in [1.165, 1.54) is 19.1 Å². The van der Waals surface area contributed by atoms with Crippen LogP contribution in [0.5, 0.6) is 0 Å². The summed E-state index contributed by atoms with van der Waals surface area (Å²) in [7, 11) is 0. The second kappa shape index (κ2) is 9.19. The average Bonchev–Trinajstić information content (AvgIpc) is 2.95. The zero-order valence-corrected chi connectivity index (χ0v) is 17.4. The molecule has 0 aliphatic heterocycles. The quantitative estimate of drug-likeness (QED) is 0.586. The molecule has 0 bridgehead atoms. The zero-order valence-electron chi connectivity index (χ0n) is 15.9. The Bertz CT molecular complexity index is 785. The fourth-order valence-electron chi connectivity index (χ4n) is 4.33. The number of hydrogen-bond donors (Lipinski definition) is 3. The Labute approximate surface area is 181 Å². The van der Waals surface area contributed by atoms with Gasteiger partial charge in [0.1, 0.15) is 5.82 Å². The first kappa shape index (κ1) is 23.9. The Morgan fingerprint density at radius 2 is 1.93 bits per heavy atom. The third-order valence-corrected chi connectivity index (χ3v) is 6.95. The van der Waals surface area contributed by atoms with Crippen LogP contribution in [0.2, 0.25) is 10.0 Å². The predicted octanol–water partition coefficient (Wildman–Crippen LogP) is 4.39. The van der Waals surface area contributed by atoms with E-state index >= 15 is 0 Å². The van der Waals surface area contributed by atoms with Gasteiger partial charge in [0.2, 0.25) is 11.8 Å². The van der Waals surface area contributed by atoms with Crippen molar-refractivity contribution < 1.29 is 19.1 Å². The maximum absolute atomic E-state index is 14.7. The van der Waals surface area contributed by atoms with Crippen molar-refractivity contribution in [1.29, 1.82) is 0 Å². The van der Waals surface area contributed by atoms with Crippen LogP contribution in [-0.4, -0.2) is 29.1 Å². The standard InChI is InChI=1S/C20H25Cl2FN2O3.CH4/c1-10(26)24-14-8-11(9-15(14)27)19(28)25-18(20(2)6-3-7-20)16-13(23)5-4-12(21)17(16)22;/h4-5,11,14-15,18,27H,3,6-9H2,1-2H3,(H,24,26)(H,25,28);1H4. The van der Waals surface area contributed by atoms with Gasteiger partial charge in [-0.15, -0.1) is 0 Å². The third-order valence-electron chi connectivity index (χ3n) is 6.14. The molecule has 0 spiro atoms. The number of carbonyl (C=O) groups is 2. The number of hydrogen-bond acceptors (Lipinski definition) is 3. The molecule has 4 atom stereocenters. The van der Waals surface area contributed by atoms with Crippen molar-refractivity contribution in [3.8, 4) is 0 Å². The summed E-state index contributed by atoms with van der Waals surface area (Å²) in [6.07, 6.45) is 2.46. The molecule has 5 nitrogen and oxygen atoms in total. The van der Waals surface area contributed by atoms with Crippen LogP contribution >= 0.6 is 23.2 Å². The van der Waals surface area contributed by atoms with Gasteiger partial charge in [0.25, 0.3) is 0 Å². The largest absolute Gasteiger partial charge is 0.391 e. The minimum Gasteiger partial charge on any atom is -0.391 e. The van der Waals surface area contributed by atoms with E-state index in [4.69, 9.17) is 23.2 Å². The molecule has 162 valence electrons. The highest BCUT2D eigenvalue weighted by Gasteiger charge is 2.45. The maximum Gasteiger partial charge on any atom is 0.223 e. The van der Waals surface area contributed by atoms with Gasteiger partial charge in [0.05, 0.1) is 28.2 Å². The zero-order chi connectivity index (χ0) is 20.6. The normalized spacial score (nSPS) is 26.1. The molecule has 29 heavy (non-hydrogen) atoms. The van der Waals surface area contributed by atoms with Crippen LogP contribution < -0.4 is 10.6 Å². The molecule has 2 aliphatic carbocycles. The van der Waals surface area contributed by atoms with Crippen molar-refractivity contribution in [3.05, 3.63) is 33.6 Å². The van der Waals surface area contributed by atoms with E-state index in [0.717, 1.165) is 19.3 Å². The van der Waals surface area contributed by atoms with E-state index in [1.807, 2.05) is 6.92 Å². The Hall–Kier alpha value is -1.37. The van der Waals surface area contributed by atoms with Gasteiger partial charge in [-0.1, -0.05) is 44.0 Å². The van der Waals surface area contributed by atoms with Gasteiger partial charge >= 0.3 is 0 Å². The summed E-state index contributed by atoms with van der Waals surface area (Å²) in [4.78, 5) is 24.2. The molecule has 2 aliphatic rings. The molecule has 4 unspecified atom stereocenters. The third kappa shape index (κ3) is 4.86. The molecule has 2 fully saturated rings. The monoisotopic (exact) mass is 446 g/mol. The van der Waals surface area contributed by atoms with Gasteiger partial charge < -0.3 is 15.7 Å². The molecule has 8 heteroatoms. The smallest absolute Gasteiger partial charge is 0.223 e. The maximum atomic E-state index is 14.7. The second-order valence-corrected chi connectivity index (χ2v) is 9.03. The van der Waals surface area contributed by atoms with Crippen molar-refractivity contribution in [2.24, 2.45) is 11.3 Å². The van der Waals surface area contributed by atoms with Crippen LogP contribution in [0.3, 0.4) is 0 Å². The van der Waals surface area contributed by atoms with Crippen LogP contribution in [-0.2, 0) is 9.59 Å². The van der Waals surface area contributed by atoms with Crippen LogP contribution in [0, 0.1) is 17.2 Å². The van der Waals surface area contributed by atoms with Gasteiger partial charge in [-0.2, -0.15) is 0 Å². The topological polar surface area (TPSA) is 78.4 Å². The highest BCUT2D eigenvalue weighted by Crippen LogP contribution is 2.52. The first-order valence-corrected chi connectivity index (χ1v) is 10.3. The Morgan fingerprint density at radius 1 is 1.28 bits per heavy atom. The van der Waals surface area contributed by atoms with Crippen molar-refractivity contribution in [2.75, 3.05) is 0 Å². The molecule has 0 aromatic heterocycles. The summed E-state index contributed by atoms with van der Waals surface area (Å²) >= 11 is 12.4. The van der Waals surface area contributed by atoms with Gasteiger partial charge in [-0.05, 0) is 43.2 Å². The molecule has 0 heterocycles. The summed E-state index contributed by atoms with van der Waals surface area (Å²) in [5.74, 6) is -1.51. The van der Waals surface area contributed by atoms with E-state index in [2.05, 4.69) is 10.6 Å². The minimum absolute atomic E-state index is 0. The van der Waals surface area contributed by atoms with Crippen LogP contribution in [0.4, 0.5) is 4.39 Å². The number of amides is 2. The minimum atomic E-state index is -0.788. The van der Waals surface area contributed by atoms with Crippen LogP contribution in [0.25, 0.3) is 0 Å². The summed E-state index contributed by atoms with van der Waals surface area (Å²) in [5, 5.41) is 16.2. The lowest BCUT2D eigenvalue weighted by atomic mass is 9.63. The molecule has 1 aromatic rings. The van der Waals surface area contributed by atoms with Crippen molar-refractivity contribution >= 4 is 35.0 Å². The van der Waals surface area contributed by atoms with E-state index < -0.39 is 29.9 Å². The van der Waals surface area contributed by atoms with Gasteiger partial charge in [-0.25, -0.2) is 4.39 Å². The predicted molar refractivity (Wildman–Crippen MR) is 112 cm³/mol. The molecule has 0 saturated heterocycles. The Balaban J connectivity index is 0.00000300. The van der Waals surface area contributed by atoms with E-state index in [1.54, 1.807) is 0 Å². The lowest BCUT2D eigenvalue weighted by molar-refractivity contribution is -0.127. The van der Waals surface area contributed by atoms with Crippen LogP contribution in [0.15, 0.2) is 12.1 Å². The number of aliphatic hydroxyl groups is 1. The molecule has 1 aromatic carbocycles. The summed E-state index contributed by atoms with van der Waals surface area (Å²) in [5.41, 5.74) is -0.110. The average molecular weight is 447 g/mol. The number of halogens is 3. The molecule has 3 N–H and O–H groups in total. The SMILES string of the molecule is C.CC(=O)NC1CC(C(=O)NC(c2c(F)ccc(Cl)c2Cl)C2(C)CCC2)CC1O. The highest BCUT2D eigenvalue weighted by molar-refractivity contribution is 6.42. The molecule has 3 rings (SSSR count). The number of rotatable bonds is 5. The lowest BCUT2D eigenvalue weighted by Crippen LogP contribution is -2.45. The molecular weight excluding hydrogens is 418 g/mol. The first-order chi connectivity index (χ1) is 13.1. The second-order valence-electron chi connectivity index (χ2n) is 8.25. The van der Waals surface area contributed by atoms with Gasteiger partial charge in [0, 0.05) is 18.4 Å². The number of benzene rings is 1. The molecule has 0 radical (unpaired) electrons. The first-order valence-electron chi connectivity index (χ1n) is 9.51. The highest BCUT2D eigenvalue weighted by atomic mass is 35.5. The Kier molecular flexibility index (Phi) is 7.57. The number of carbonyl (C=O) groups excluding carboxylic acids is 2. The fourth-order valence-corrected chi connectivity index (χ4v) is 4.76. The summed E-state index contributed by atoms with van der Waals surface area (Å²) < 4.78 is 14.7. The van der Waals surface area contributed by atoms with Crippen LogP contribution in [0.1, 0.15) is 65.0 Å². The summed E-state index contributed by atoms with van der Waals surface area (Å²) in [6.45, 7) is 3.37. The molecule has 2 saturated carbocycles. The molecule has 2 amide bonds. The Morgan fingerprint density at radius 3 is 2.48 bits per heavy atom. The lowest BCUT2D eigenvalue weighted by Gasteiger charge is -2.46. The number of nitrogens with one attached hydrogen (secondary N) is 2. The fraction of sp³-hybridized carbons (Fsp3) is 0.619. The van der Waals surface area contributed by atoms with E-state index in [9.17, 15) is 19.1 Å². The van der Waals surface area contributed by atoms with Gasteiger partial charge in [0.15, 0.2) is 0 Å². The van der Waals surface area contributed by atoms with Gasteiger partial charge in [-0.3, -0.25) is 9.59 Å². The van der Waals surface area contributed by atoms with Crippen molar-refractivity contribution in [1.82, 2.24) is 10.6 Å². The van der Waals surface area contributed by atoms with Crippen molar-refractivity contribution in [3.63, 3.8) is 0 Å². The van der Waals surface area contributed by atoms with Crippen molar-refractivity contribution in [2.45, 2.75) is 71.6 Å². The summed E-state index contributed by atoms with van der Waals surface area (Å²) in [6, 6.07) is 1.59. The number of aliphatic hydroxyl groups excluding tert-OH is 1. The van der Waals surface area contributed by atoms with E-state index in [-0.39, 0.29) is 46.7 Å².